The maximum absolute atomic E-state index is 12.2. The molecule has 1 aliphatic rings. The SMILES string of the molecule is CCc1ccc(OCC(=O)NCC(c2ccsc2)N2CCOCC2)cc1. The van der Waals surface area contributed by atoms with Gasteiger partial charge in [-0.15, -0.1) is 0 Å². The van der Waals surface area contributed by atoms with E-state index in [2.05, 4.69) is 34.0 Å². The first kappa shape index (κ1) is 18.9. The van der Waals surface area contributed by atoms with E-state index in [1.54, 1.807) is 11.3 Å². The van der Waals surface area contributed by atoms with Gasteiger partial charge in [0.1, 0.15) is 5.75 Å². The predicted octanol–water partition coefficient (Wildman–Crippen LogP) is 2.88. The minimum Gasteiger partial charge on any atom is -0.484 e. The van der Waals surface area contributed by atoms with Gasteiger partial charge in [0.2, 0.25) is 0 Å². The van der Waals surface area contributed by atoms with Gasteiger partial charge in [-0.3, -0.25) is 9.69 Å². The number of aryl methyl sites for hydroxylation is 1. The van der Waals surface area contributed by atoms with Crippen LogP contribution in [0.15, 0.2) is 41.1 Å². The summed E-state index contributed by atoms with van der Waals surface area (Å²) in [5.41, 5.74) is 2.50. The van der Waals surface area contributed by atoms with Gasteiger partial charge in [0.15, 0.2) is 6.61 Å². The van der Waals surface area contributed by atoms with Crippen LogP contribution in [0.5, 0.6) is 5.75 Å². The van der Waals surface area contributed by atoms with Crippen molar-refractivity contribution < 1.29 is 14.3 Å². The Morgan fingerprint density at radius 3 is 2.69 bits per heavy atom. The van der Waals surface area contributed by atoms with Gasteiger partial charge in [-0.2, -0.15) is 11.3 Å². The molecule has 2 aromatic rings. The van der Waals surface area contributed by atoms with Gasteiger partial charge in [-0.05, 0) is 46.5 Å². The number of thiophene rings is 1. The molecule has 1 fully saturated rings. The maximum atomic E-state index is 12.2. The molecule has 1 amide bonds. The maximum Gasteiger partial charge on any atom is 0.258 e. The third-order valence-electron chi connectivity index (χ3n) is 4.61. The van der Waals surface area contributed by atoms with Gasteiger partial charge < -0.3 is 14.8 Å². The van der Waals surface area contributed by atoms with E-state index in [1.807, 2.05) is 24.3 Å². The minimum absolute atomic E-state index is 0.0327. The zero-order valence-corrected chi connectivity index (χ0v) is 16.0. The Balaban J connectivity index is 1.50. The second kappa shape index (κ2) is 9.71. The summed E-state index contributed by atoms with van der Waals surface area (Å²) in [6, 6.07) is 10.2. The van der Waals surface area contributed by atoms with Gasteiger partial charge in [0.05, 0.1) is 19.3 Å². The Labute approximate surface area is 158 Å². The van der Waals surface area contributed by atoms with E-state index < -0.39 is 0 Å². The molecule has 1 aliphatic heterocycles. The van der Waals surface area contributed by atoms with Crippen molar-refractivity contribution in [3.63, 3.8) is 0 Å². The fourth-order valence-corrected chi connectivity index (χ4v) is 3.75. The summed E-state index contributed by atoms with van der Waals surface area (Å²) in [6.07, 6.45) is 0.992. The monoisotopic (exact) mass is 374 g/mol. The molecule has 2 heterocycles. The molecular weight excluding hydrogens is 348 g/mol. The molecule has 0 bridgehead atoms. The minimum atomic E-state index is -0.0990. The van der Waals surface area contributed by atoms with Crippen LogP contribution < -0.4 is 10.1 Å². The average molecular weight is 375 g/mol. The number of hydrogen-bond acceptors (Lipinski definition) is 5. The third-order valence-corrected chi connectivity index (χ3v) is 5.31. The lowest BCUT2D eigenvalue weighted by atomic mass is 10.1. The van der Waals surface area contributed by atoms with Crippen molar-refractivity contribution in [1.29, 1.82) is 0 Å². The highest BCUT2D eigenvalue weighted by Gasteiger charge is 2.23. The quantitative estimate of drug-likeness (QED) is 0.772. The fraction of sp³-hybridized carbons (Fsp3) is 0.450. The number of morpholine rings is 1. The molecule has 3 rings (SSSR count). The molecule has 26 heavy (non-hydrogen) atoms. The number of carbonyl (C=O) groups is 1. The molecule has 1 unspecified atom stereocenters. The smallest absolute Gasteiger partial charge is 0.258 e. The van der Waals surface area contributed by atoms with Crippen LogP contribution in [0.1, 0.15) is 24.1 Å². The zero-order chi connectivity index (χ0) is 18.2. The van der Waals surface area contributed by atoms with Crippen LogP contribution in [0.25, 0.3) is 0 Å². The number of carbonyl (C=O) groups excluding carboxylic acids is 1. The van der Waals surface area contributed by atoms with E-state index in [0.29, 0.717) is 6.54 Å². The summed E-state index contributed by atoms with van der Waals surface area (Å²) < 4.78 is 11.0. The predicted molar refractivity (Wildman–Crippen MR) is 104 cm³/mol. The lowest BCUT2D eigenvalue weighted by molar-refractivity contribution is -0.123. The number of hydrogen-bond donors (Lipinski definition) is 1. The van der Waals surface area contributed by atoms with Crippen LogP contribution in [-0.4, -0.2) is 50.3 Å². The molecule has 6 heteroatoms. The largest absolute Gasteiger partial charge is 0.484 e. The van der Waals surface area contributed by atoms with Crippen molar-refractivity contribution in [3.05, 3.63) is 52.2 Å². The molecule has 1 saturated heterocycles. The van der Waals surface area contributed by atoms with Gasteiger partial charge in [0.25, 0.3) is 5.91 Å². The van der Waals surface area contributed by atoms with E-state index in [9.17, 15) is 4.79 Å². The molecular formula is C20H26N2O3S. The van der Waals surface area contributed by atoms with Crippen molar-refractivity contribution in [1.82, 2.24) is 10.2 Å². The molecule has 1 atom stereocenters. The molecule has 0 spiro atoms. The number of nitrogens with zero attached hydrogens (tertiary/aromatic N) is 1. The molecule has 0 aliphatic carbocycles. The van der Waals surface area contributed by atoms with Crippen molar-refractivity contribution >= 4 is 17.2 Å². The van der Waals surface area contributed by atoms with Crippen molar-refractivity contribution in [2.75, 3.05) is 39.5 Å². The molecule has 140 valence electrons. The van der Waals surface area contributed by atoms with Crippen molar-refractivity contribution in [3.8, 4) is 5.75 Å². The van der Waals surface area contributed by atoms with E-state index in [0.717, 1.165) is 38.5 Å². The number of nitrogens with one attached hydrogen (secondary N) is 1. The average Bonchev–Trinajstić information content (AvgIpc) is 3.22. The van der Waals surface area contributed by atoms with Gasteiger partial charge in [0, 0.05) is 19.6 Å². The van der Waals surface area contributed by atoms with Crippen LogP contribution >= 0.6 is 11.3 Å². The van der Waals surface area contributed by atoms with E-state index in [4.69, 9.17) is 9.47 Å². The van der Waals surface area contributed by atoms with Gasteiger partial charge in [-0.1, -0.05) is 19.1 Å². The Bertz CT molecular complexity index is 667. The molecule has 1 aromatic carbocycles. The number of ether oxygens (including phenoxy) is 2. The molecule has 0 radical (unpaired) electrons. The van der Waals surface area contributed by atoms with E-state index in [1.165, 1.54) is 11.1 Å². The second-order valence-corrected chi connectivity index (χ2v) is 7.09. The highest BCUT2D eigenvalue weighted by molar-refractivity contribution is 7.07. The topological polar surface area (TPSA) is 50.8 Å². The number of rotatable bonds is 8. The number of benzene rings is 1. The molecule has 0 saturated carbocycles. The molecule has 5 nitrogen and oxygen atoms in total. The first-order valence-electron chi connectivity index (χ1n) is 9.08. The van der Waals surface area contributed by atoms with E-state index in [-0.39, 0.29) is 18.6 Å². The van der Waals surface area contributed by atoms with Crippen LogP contribution in [0.3, 0.4) is 0 Å². The summed E-state index contributed by atoms with van der Waals surface area (Å²) in [5.74, 6) is 0.623. The van der Waals surface area contributed by atoms with Crippen LogP contribution in [0, 0.1) is 0 Å². The normalized spacial score (nSPS) is 16.2. The van der Waals surface area contributed by atoms with Crippen LogP contribution in [0.2, 0.25) is 0 Å². The summed E-state index contributed by atoms with van der Waals surface area (Å²) in [7, 11) is 0. The summed E-state index contributed by atoms with van der Waals surface area (Å²) >= 11 is 1.68. The number of amides is 1. The van der Waals surface area contributed by atoms with E-state index >= 15 is 0 Å². The highest BCUT2D eigenvalue weighted by atomic mass is 32.1. The van der Waals surface area contributed by atoms with Crippen molar-refractivity contribution in [2.45, 2.75) is 19.4 Å². The first-order valence-corrected chi connectivity index (χ1v) is 10.0. The lowest BCUT2D eigenvalue weighted by Gasteiger charge is -2.34. The summed E-state index contributed by atoms with van der Waals surface area (Å²) in [6.45, 7) is 5.98. The van der Waals surface area contributed by atoms with Crippen molar-refractivity contribution in [2.24, 2.45) is 0 Å². The Hall–Kier alpha value is -1.89. The van der Waals surface area contributed by atoms with Gasteiger partial charge >= 0.3 is 0 Å². The Morgan fingerprint density at radius 1 is 1.27 bits per heavy atom. The third kappa shape index (κ3) is 5.30. The van der Waals surface area contributed by atoms with Crippen LogP contribution in [0.4, 0.5) is 0 Å². The Kier molecular flexibility index (Phi) is 7.05. The molecule has 1 aromatic heterocycles. The summed E-state index contributed by atoms with van der Waals surface area (Å²) in [4.78, 5) is 14.6. The Morgan fingerprint density at radius 2 is 2.04 bits per heavy atom. The second-order valence-electron chi connectivity index (χ2n) is 6.31. The highest BCUT2D eigenvalue weighted by Crippen LogP contribution is 2.23. The molecule has 1 N–H and O–H groups in total. The lowest BCUT2D eigenvalue weighted by Crippen LogP contribution is -2.44. The standard InChI is InChI=1S/C20H26N2O3S/c1-2-16-3-5-18(6-4-16)25-14-20(23)21-13-19(17-7-12-26-15-17)22-8-10-24-11-9-22/h3-7,12,15,19H,2,8-11,13-14H2,1H3,(H,21,23). The zero-order valence-electron chi connectivity index (χ0n) is 15.1. The van der Waals surface area contributed by atoms with Gasteiger partial charge in [-0.25, -0.2) is 0 Å². The summed E-state index contributed by atoms with van der Waals surface area (Å²) in [5, 5.41) is 7.25. The first-order chi connectivity index (χ1) is 12.8. The van der Waals surface area contributed by atoms with Crippen LogP contribution in [-0.2, 0) is 16.0 Å². The fourth-order valence-electron chi connectivity index (χ4n) is 3.04.